The smallest absolute Gasteiger partial charge is 0.275 e. The van der Waals surface area contributed by atoms with Crippen LogP contribution in [0.25, 0.3) is 4.91 Å². The van der Waals surface area contributed by atoms with E-state index in [-0.39, 0.29) is 5.91 Å². The molecule has 25 heavy (non-hydrogen) atoms. The van der Waals surface area contributed by atoms with Crippen molar-refractivity contribution >= 4 is 34.0 Å². The number of para-hydroxylation sites is 1. The largest absolute Gasteiger partial charge is 0.354 e. The number of benzene rings is 2. The minimum atomic E-state index is -0.170. The van der Waals surface area contributed by atoms with Crippen molar-refractivity contribution < 1.29 is 4.79 Å². The minimum absolute atomic E-state index is 0.170. The summed E-state index contributed by atoms with van der Waals surface area (Å²) in [6.45, 7) is 3.95. The number of allylic oxidation sites excluding steroid dienone is 1. The highest BCUT2D eigenvalue weighted by Gasteiger charge is 2.26. The molecule has 2 N–H and O–H groups in total. The molecule has 4 nitrogen and oxygen atoms in total. The van der Waals surface area contributed by atoms with E-state index in [4.69, 9.17) is 0 Å². The number of aryl methyl sites for hydroxylation is 1. The predicted molar refractivity (Wildman–Crippen MR) is 103 cm³/mol. The Morgan fingerprint density at radius 3 is 2.52 bits per heavy atom. The summed E-state index contributed by atoms with van der Waals surface area (Å²) in [5.74, 6) is -0.170. The third-order valence-corrected chi connectivity index (χ3v) is 5.47. The summed E-state index contributed by atoms with van der Waals surface area (Å²) in [4.78, 5) is 14.5. The number of hydrogen-bond acceptors (Lipinski definition) is 4. The molecule has 1 amide bonds. The van der Waals surface area contributed by atoms with E-state index in [1.54, 1.807) is 11.8 Å². The van der Waals surface area contributed by atoms with E-state index in [1.807, 2.05) is 43.3 Å². The maximum Gasteiger partial charge on any atom is 0.275 e. The van der Waals surface area contributed by atoms with Crippen LogP contribution in [0.2, 0.25) is 0 Å². The average Bonchev–Trinajstić information content (AvgIpc) is 2.95. The Balaban J connectivity index is 1.84. The van der Waals surface area contributed by atoms with Gasteiger partial charge in [0.05, 0.1) is 17.0 Å². The molecule has 0 atom stereocenters. The Kier molecular flexibility index (Phi) is 3.93. The van der Waals surface area contributed by atoms with Crippen LogP contribution in [0.5, 0.6) is 0 Å². The molecule has 2 aliphatic heterocycles. The Hall–Kier alpha value is -2.79. The Morgan fingerprint density at radius 1 is 1.00 bits per heavy atom. The number of hydrogen-bond donors (Lipinski definition) is 2. The lowest BCUT2D eigenvalue weighted by molar-refractivity contribution is -0.116. The zero-order valence-electron chi connectivity index (χ0n) is 14.0. The first kappa shape index (κ1) is 15.7. The van der Waals surface area contributed by atoms with Crippen LogP contribution in [0.4, 0.5) is 5.69 Å². The van der Waals surface area contributed by atoms with E-state index >= 15 is 0 Å². The predicted octanol–water partition coefficient (Wildman–Crippen LogP) is 4.31. The van der Waals surface area contributed by atoms with E-state index in [0.29, 0.717) is 11.3 Å². The van der Waals surface area contributed by atoms with Crippen molar-refractivity contribution in [2.24, 2.45) is 5.10 Å². The molecule has 124 valence electrons. The van der Waals surface area contributed by atoms with Gasteiger partial charge in [-0.2, -0.15) is 5.10 Å². The fourth-order valence-electron chi connectivity index (χ4n) is 2.93. The Labute approximate surface area is 150 Å². The summed E-state index contributed by atoms with van der Waals surface area (Å²) < 4.78 is 0. The van der Waals surface area contributed by atoms with Crippen LogP contribution in [0.3, 0.4) is 0 Å². The van der Waals surface area contributed by atoms with Gasteiger partial charge in [-0.15, -0.1) is 0 Å². The molecule has 2 aliphatic rings. The maximum atomic E-state index is 12.2. The second-order valence-electron chi connectivity index (χ2n) is 5.97. The van der Waals surface area contributed by atoms with Crippen LogP contribution in [0, 0.1) is 6.92 Å². The number of carbonyl (C=O) groups excluding carboxylic acids is 1. The van der Waals surface area contributed by atoms with Crippen LogP contribution in [0.15, 0.2) is 75.9 Å². The number of hydrazone groups is 1. The summed E-state index contributed by atoms with van der Waals surface area (Å²) in [6, 6.07) is 16.5. The van der Waals surface area contributed by atoms with Gasteiger partial charge in [-0.1, -0.05) is 48.2 Å². The number of thioether (sulfide) groups is 1. The van der Waals surface area contributed by atoms with Gasteiger partial charge < -0.3 is 5.32 Å². The molecule has 0 fully saturated rings. The zero-order chi connectivity index (χ0) is 17.4. The molecule has 2 aromatic rings. The van der Waals surface area contributed by atoms with E-state index in [9.17, 15) is 4.79 Å². The van der Waals surface area contributed by atoms with Gasteiger partial charge in [-0.25, -0.2) is 5.43 Å². The van der Waals surface area contributed by atoms with Crippen molar-refractivity contribution in [3.63, 3.8) is 0 Å². The van der Waals surface area contributed by atoms with Crippen LogP contribution < -0.4 is 10.7 Å². The molecular weight excluding hydrogens is 330 g/mol. The second kappa shape index (κ2) is 6.26. The van der Waals surface area contributed by atoms with Crippen molar-refractivity contribution in [2.45, 2.75) is 18.7 Å². The fourth-order valence-corrected chi connectivity index (χ4v) is 4.01. The number of nitrogens with one attached hydrogen (secondary N) is 2. The van der Waals surface area contributed by atoms with Crippen LogP contribution in [-0.2, 0) is 4.79 Å². The summed E-state index contributed by atoms with van der Waals surface area (Å²) >= 11 is 1.71. The molecule has 5 heteroatoms. The second-order valence-corrected chi connectivity index (χ2v) is 7.06. The van der Waals surface area contributed by atoms with Gasteiger partial charge in [0.15, 0.2) is 0 Å². The van der Waals surface area contributed by atoms with Gasteiger partial charge in [0.2, 0.25) is 0 Å². The van der Waals surface area contributed by atoms with Crippen LogP contribution >= 0.6 is 11.8 Å². The van der Waals surface area contributed by atoms with Crippen molar-refractivity contribution in [1.29, 1.82) is 0 Å². The van der Waals surface area contributed by atoms with Crippen LogP contribution in [-0.4, -0.2) is 11.6 Å². The fraction of sp³-hybridized carbons (Fsp3) is 0.100. The molecule has 2 heterocycles. The van der Waals surface area contributed by atoms with E-state index < -0.39 is 0 Å². The van der Waals surface area contributed by atoms with Crippen molar-refractivity contribution in [3.05, 3.63) is 77.0 Å². The highest BCUT2D eigenvalue weighted by molar-refractivity contribution is 8.08. The molecule has 0 spiro atoms. The van der Waals surface area contributed by atoms with Gasteiger partial charge in [0.1, 0.15) is 0 Å². The lowest BCUT2D eigenvalue weighted by Gasteiger charge is -2.22. The Bertz CT molecular complexity index is 972. The molecule has 0 radical (unpaired) electrons. The molecule has 0 saturated carbocycles. The molecule has 0 aromatic heterocycles. The minimum Gasteiger partial charge on any atom is -0.354 e. The van der Waals surface area contributed by atoms with Crippen molar-refractivity contribution in [3.8, 4) is 0 Å². The SMILES string of the molecule is CC1=NNC(=O)C1=C1C=C(Sc2ccccc2C)c2ccccc2N1. The molecule has 2 aromatic carbocycles. The highest BCUT2D eigenvalue weighted by Crippen LogP contribution is 2.43. The average molecular weight is 347 g/mol. The monoisotopic (exact) mass is 347 g/mol. The maximum absolute atomic E-state index is 12.2. The summed E-state index contributed by atoms with van der Waals surface area (Å²) in [6.07, 6.45) is 2.04. The first-order chi connectivity index (χ1) is 12.1. The topological polar surface area (TPSA) is 53.5 Å². The van der Waals surface area contributed by atoms with Gasteiger partial charge in [-0.3, -0.25) is 4.79 Å². The standard InChI is InChI=1S/C20H17N3OS/c1-12-7-3-6-10-17(12)25-18-11-16(19-13(2)22-23-20(19)24)21-15-9-5-4-8-14(15)18/h3-11,21H,1-2H3,(H,23,24). The lowest BCUT2D eigenvalue weighted by atomic mass is 10.0. The first-order valence-corrected chi connectivity index (χ1v) is 8.86. The number of carbonyl (C=O) groups is 1. The zero-order valence-corrected chi connectivity index (χ0v) is 14.8. The third-order valence-electron chi connectivity index (χ3n) is 4.23. The number of rotatable bonds is 2. The molecule has 0 bridgehead atoms. The van der Waals surface area contributed by atoms with Crippen molar-refractivity contribution in [2.75, 3.05) is 5.32 Å². The summed E-state index contributed by atoms with van der Waals surface area (Å²) in [5.41, 5.74) is 7.97. The van der Waals surface area contributed by atoms with E-state index in [2.05, 4.69) is 41.0 Å². The van der Waals surface area contributed by atoms with Crippen LogP contribution in [0.1, 0.15) is 18.1 Å². The van der Waals surface area contributed by atoms with Gasteiger partial charge in [0, 0.05) is 21.1 Å². The number of anilines is 1. The first-order valence-electron chi connectivity index (χ1n) is 8.04. The lowest BCUT2D eigenvalue weighted by Crippen LogP contribution is -2.18. The number of fused-ring (bicyclic) bond motifs is 1. The Morgan fingerprint density at radius 2 is 1.76 bits per heavy atom. The van der Waals surface area contributed by atoms with E-state index in [0.717, 1.165) is 21.9 Å². The van der Waals surface area contributed by atoms with Crippen molar-refractivity contribution in [1.82, 2.24) is 5.43 Å². The van der Waals surface area contributed by atoms with Gasteiger partial charge in [0.25, 0.3) is 5.91 Å². The molecule has 0 saturated heterocycles. The molecule has 4 rings (SSSR count). The summed E-state index contributed by atoms with van der Waals surface area (Å²) in [7, 11) is 0. The normalized spacial score (nSPS) is 18.9. The highest BCUT2D eigenvalue weighted by atomic mass is 32.2. The molecule has 0 aliphatic carbocycles. The third kappa shape index (κ3) is 2.87. The number of nitrogens with zero attached hydrogens (tertiary/aromatic N) is 1. The van der Waals surface area contributed by atoms with Gasteiger partial charge in [-0.05, 0) is 37.6 Å². The molecular formula is C20H17N3OS. The molecule has 0 unspecified atom stereocenters. The van der Waals surface area contributed by atoms with E-state index in [1.165, 1.54) is 10.5 Å². The number of amides is 1. The summed E-state index contributed by atoms with van der Waals surface area (Å²) in [5, 5.41) is 7.41. The van der Waals surface area contributed by atoms with Gasteiger partial charge >= 0.3 is 0 Å². The quantitative estimate of drug-likeness (QED) is 0.796.